The van der Waals surface area contributed by atoms with Crippen LogP contribution in [-0.4, -0.2) is 19.0 Å². The van der Waals surface area contributed by atoms with Gasteiger partial charge in [-0.15, -0.1) is 0 Å². The third kappa shape index (κ3) is 4.87. The van der Waals surface area contributed by atoms with E-state index in [1.54, 1.807) is 7.11 Å². The van der Waals surface area contributed by atoms with Crippen LogP contribution in [-0.2, 0) is 11.2 Å². The van der Waals surface area contributed by atoms with Gasteiger partial charge in [0.25, 0.3) is 0 Å². The Morgan fingerprint density at radius 1 is 1.00 bits per heavy atom. The monoisotopic (exact) mass is 348 g/mol. The standard InChI is InChI=1S/C18H21BrO2/c1-20-17-12-6-5-11-16(17)18(14-19)21-13-7-10-15-8-3-2-4-9-15/h2-6,8-9,11-12,18H,7,10,13-14H2,1H3. The van der Waals surface area contributed by atoms with Crippen LogP contribution in [0, 0.1) is 0 Å². The molecule has 2 aromatic carbocycles. The maximum absolute atomic E-state index is 6.01. The summed E-state index contributed by atoms with van der Waals surface area (Å²) in [5, 5.41) is 0.763. The average Bonchev–Trinajstić information content (AvgIpc) is 2.56. The van der Waals surface area contributed by atoms with Crippen molar-refractivity contribution in [3.63, 3.8) is 0 Å². The van der Waals surface area contributed by atoms with E-state index in [1.165, 1.54) is 5.56 Å². The summed E-state index contributed by atoms with van der Waals surface area (Å²) in [5.41, 5.74) is 2.45. The lowest BCUT2D eigenvalue weighted by molar-refractivity contribution is 0.0665. The summed E-state index contributed by atoms with van der Waals surface area (Å²) in [4.78, 5) is 0. The highest BCUT2D eigenvalue weighted by atomic mass is 79.9. The van der Waals surface area contributed by atoms with Crippen molar-refractivity contribution in [2.24, 2.45) is 0 Å². The van der Waals surface area contributed by atoms with Crippen LogP contribution in [0.3, 0.4) is 0 Å². The topological polar surface area (TPSA) is 18.5 Å². The highest BCUT2D eigenvalue weighted by Gasteiger charge is 2.14. The van der Waals surface area contributed by atoms with Crippen LogP contribution in [0.15, 0.2) is 54.6 Å². The van der Waals surface area contributed by atoms with Crippen LogP contribution in [0.25, 0.3) is 0 Å². The van der Waals surface area contributed by atoms with Crippen molar-refractivity contribution in [1.29, 1.82) is 0 Å². The van der Waals surface area contributed by atoms with E-state index in [0.29, 0.717) is 0 Å². The first-order valence-electron chi connectivity index (χ1n) is 7.19. The lowest BCUT2D eigenvalue weighted by Crippen LogP contribution is -2.09. The SMILES string of the molecule is COc1ccccc1C(CBr)OCCCc1ccccc1. The Morgan fingerprint density at radius 3 is 2.43 bits per heavy atom. The third-order valence-corrected chi connectivity index (χ3v) is 3.99. The van der Waals surface area contributed by atoms with E-state index < -0.39 is 0 Å². The minimum Gasteiger partial charge on any atom is -0.496 e. The summed E-state index contributed by atoms with van der Waals surface area (Å²) in [7, 11) is 1.69. The van der Waals surface area contributed by atoms with E-state index >= 15 is 0 Å². The van der Waals surface area contributed by atoms with E-state index in [2.05, 4.69) is 46.3 Å². The van der Waals surface area contributed by atoms with Crippen LogP contribution < -0.4 is 4.74 Å². The summed E-state index contributed by atoms with van der Waals surface area (Å²) in [6.45, 7) is 0.739. The van der Waals surface area contributed by atoms with Gasteiger partial charge < -0.3 is 9.47 Å². The van der Waals surface area contributed by atoms with Gasteiger partial charge >= 0.3 is 0 Å². The van der Waals surface area contributed by atoms with Gasteiger partial charge in [-0.2, -0.15) is 0 Å². The number of halogens is 1. The fraction of sp³-hybridized carbons (Fsp3) is 0.333. The Morgan fingerprint density at radius 2 is 1.71 bits per heavy atom. The number of benzene rings is 2. The Balaban J connectivity index is 1.85. The maximum Gasteiger partial charge on any atom is 0.124 e. The number of aryl methyl sites for hydroxylation is 1. The molecule has 0 aliphatic carbocycles. The number of ether oxygens (including phenoxy) is 2. The molecule has 0 N–H and O–H groups in total. The van der Waals surface area contributed by atoms with E-state index in [9.17, 15) is 0 Å². The first-order valence-corrected chi connectivity index (χ1v) is 8.31. The second-order valence-corrected chi connectivity index (χ2v) is 5.49. The van der Waals surface area contributed by atoms with Gasteiger partial charge in [0.15, 0.2) is 0 Å². The summed E-state index contributed by atoms with van der Waals surface area (Å²) in [6.07, 6.45) is 2.08. The van der Waals surface area contributed by atoms with Crippen molar-refractivity contribution in [1.82, 2.24) is 0 Å². The summed E-state index contributed by atoms with van der Waals surface area (Å²) in [5.74, 6) is 0.880. The average molecular weight is 349 g/mol. The molecule has 2 aromatic rings. The number of hydrogen-bond donors (Lipinski definition) is 0. The number of alkyl halides is 1. The van der Waals surface area contributed by atoms with Gasteiger partial charge in [-0.1, -0.05) is 64.5 Å². The van der Waals surface area contributed by atoms with Gasteiger partial charge in [0.1, 0.15) is 5.75 Å². The maximum atomic E-state index is 6.01. The second-order valence-electron chi connectivity index (χ2n) is 4.84. The van der Waals surface area contributed by atoms with Gasteiger partial charge in [-0.25, -0.2) is 0 Å². The molecule has 0 spiro atoms. The predicted molar refractivity (Wildman–Crippen MR) is 90.2 cm³/mol. The van der Waals surface area contributed by atoms with Crippen molar-refractivity contribution in [3.05, 3.63) is 65.7 Å². The van der Waals surface area contributed by atoms with Crippen LogP contribution in [0.5, 0.6) is 5.75 Å². The molecular weight excluding hydrogens is 328 g/mol. The van der Waals surface area contributed by atoms with Crippen LogP contribution in [0.4, 0.5) is 0 Å². The molecule has 0 radical (unpaired) electrons. The lowest BCUT2D eigenvalue weighted by Gasteiger charge is -2.18. The molecule has 0 aromatic heterocycles. The minimum atomic E-state index is 0.0249. The summed E-state index contributed by atoms with van der Waals surface area (Å²) in [6, 6.07) is 18.5. The second kappa shape index (κ2) is 8.85. The number of methoxy groups -OCH3 is 1. The summed E-state index contributed by atoms with van der Waals surface area (Å²) >= 11 is 3.53. The van der Waals surface area contributed by atoms with Crippen molar-refractivity contribution >= 4 is 15.9 Å². The molecule has 3 heteroatoms. The highest BCUT2D eigenvalue weighted by Crippen LogP contribution is 2.28. The van der Waals surface area contributed by atoms with Crippen molar-refractivity contribution < 1.29 is 9.47 Å². The molecule has 1 unspecified atom stereocenters. The molecule has 21 heavy (non-hydrogen) atoms. The number of rotatable bonds is 8. The Bertz CT molecular complexity index is 528. The highest BCUT2D eigenvalue weighted by molar-refractivity contribution is 9.09. The first-order chi connectivity index (χ1) is 10.3. The van der Waals surface area contributed by atoms with Crippen molar-refractivity contribution in [2.45, 2.75) is 18.9 Å². The smallest absolute Gasteiger partial charge is 0.124 e. The van der Waals surface area contributed by atoms with Gasteiger partial charge in [0.05, 0.1) is 13.2 Å². The zero-order valence-corrected chi connectivity index (χ0v) is 13.9. The fourth-order valence-corrected chi connectivity index (χ4v) is 2.83. The zero-order chi connectivity index (χ0) is 14.9. The van der Waals surface area contributed by atoms with Gasteiger partial charge in [-0.3, -0.25) is 0 Å². The molecule has 0 saturated heterocycles. The van der Waals surface area contributed by atoms with Crippen molar-refractivity contribution in [2.75, 3.05) is 19.0 Å². The molecule has 1 atom stereocenters. The number of hydrogen-bond acceptors (Lipinski definition) is 2. The molecule has 0 amide bonds. The van der Waals surface area contributed by atoms with E-state index in [4.69, 9.17) is 9.47 Å². The van der Waals surface area contributed by atoms with Crippen LogP contribution in [0.1, 0.15) is 23.7 Å². The molecule has 2 nitrogen and oxygen atoms in total. The molecule has 2 rings (SSSR count). The Kier molecular flexibility index (Phi) is 6.77. The molecule has 0 fully saturated rings. The van der Waals surface area contributed by atoms with Crippen LogP contribution in [0.2, 0.25) is 0 Å². The molecule has 0 saturated carbocycles. The zero-order valence-electron chi connectivity index (χ0n) is 12.3. The van der Waals surface area contributed by atoms with E-state index in [1.807, 2.05) is 24.3 Å². The quantitative estimate of drug-likeness (QED) is 0.504. The third-order valence-electron chi connectivity index (χ3n) is 3.40. The van der Waals surface area contributed by atoms with Crippen LogP contribution >= 0.6 is 15.9 Å². The van der Waals surface area contributed by atoms with Gasteiger partial charge in [0, 0.05) is 17.5 Å². The first kappa shape index (κ1) is 16.1. The Hall–Kier alpha value is -1.32. The molecular formula is C18H21BrO2. The fourth-order valence-electron chi connectivity index (χ4n) is 2.30. The van der Waals surface area contributed by atoms with E-state index in [0.717, 1.165) is 36.1 Å². The van der Waals surface area contributed by atoms with Crippen molar-refractivity contribution in [3.8, 4) is 5.75 Å². The van der Waals surface area contributed by atoms with Gasteiger partial charge in [0.2, 0.25) is 0 Å². The largest absolute Gasteiger partial charge is 0.496 e. The molecule has 0 aliphatic heterocycles. The van der Waals surface area contributed by atoms with Gasteiger partial charge in [-0.05, 0) is 24.5 Å². The molecule has 0 bridgehead atoms. The number of para-hydroxylation sites is 1. The lowest BCUT2D eigenvalue weighted by atomic mass is 10.1. The minimum absolute atomic E-state index is 0.0249. The summed E-state index contributed by atoms with van der Waals surface area (Å²) < 4.78 is 11.4. The molecule has 112 valence electrons. The normalized spacial score (nSPS) is 12.1. The molecule has 0 aliphatic rings. The predicted octanol–water partition coefficient (Wildman–Crippen LogP) is 4.78. The van der Waals surface area contributed by atoms with E-state index in [-0.39, 0.29) is 6.10 Å². The Labute approximate surface area is 135 Å². The molecule has 0 heterocycles.